The van der Waals surface area contributed by atoms with E-state index >= 15 is 0 Å². The molecule has 9 heteroatoms. The lowest BCUT2D eigenvalue weighted by Crippen LogP contribution is -2.49. The summed E-state index contributed by atoms with van der Waals surface area (Å²) < 4.78 is 4.25. The topological polar surface area (TPSA) is 95.5 Å². The van der Waals surface area contributed by atoms with E-state index < -0.39 is 12.2 Å². The zero-order chi connectivity index (χ0) is 26.2. The zero-order valence-corrected chi connectivity index (χ0v) is 23.0. The van der Waals surface area contributed by atoms with Crippen LogP contribution in [0.1, 0.15) is 61.2 Å². The predicted molar refractivity (Wildman–Crippen MR) is 146 cm³/mol. The first kappa shape index (κ1) is 24.5. The van der Waals surface area contributed by atoms with Gasteiger partial charge in [0, 0.05) is 69.2 Å². The van der Waals surface area contributed by atoms with Gasteiger partial charge in [-0.2, -0.15) is 10.2 Å². The van der Waals surface area contributed by atoms with Gasteiger partial charge in [0.1, 0.15) is 0 Å². The molecule has 2 aliphatic heterocycles. The third kappa shape index (κ3) is 3.97. The number of pyridine rings is 1. The maximum Gasteiger partial charge on any atom is 0.159 e. The predicted octanol–water partition coefficient (Wildman–Crippen LogP) is 2.72. The molecule has 2 bridgehead atoms. The molecule has 0 aromatic carbocycles. The molecule has 7 rings (SSSR count). The summed E-state index contributed by atoms with van der Waals surface area (Å²) in [6, 6.07) is 2.71. The fourth-order valence-corrected chi connectivity index (χ4v) is 8.32. The van der Waals surface area contributed by atoms with E-state index in [2.05, 4.69) is 39.5 Å². The molecular weight excluding hydrogens is 478 g/mol. The summed E-state index contributed by atoms with van der Waals surface area (Å²) in [6.45, 7) is 8.38. The van der Waals surface area contributed by atoms with Crippen LogP contribution in [-0.4, -0.2) is 77.5 Å². The van der Waals surface area contributed by atoms with Gasteiger partial charge in [-0.25, -0.2) is 4.98 Å². The van der Waals surface area contributed by atoms with Crippen LogP contribution in [0.4, 0.5) is 5.69 Å². The summed E-state index contributed by atoms with van der Waals surface area (Å²) in [5.41, 5.74) is 7.49. The number of aromatic nitrogens is 5. The molecule has 5 heterocycles. The van der Waals surface area contributed by atoms with E-state index in [4.69, 9.17) is 10.1 Å². The number of aliphatic hydroxyl groups excluding tert-OH is 2. The first-order valence-corrected chi connectivity index (χ1v) is 14.5. The molecule has 2 aliphatic carbocycles. The van der Waals surface area contributed by atoms with E-state index in [1.54, 1.807) is 0 Å². The molecule has 4 aliphatic rings. The highest BCUT2D eigenvalue weighted by atomic mass is 16.3. The minimum Gasteiger partial charge on any atom is -0.389 e. The van der Waals surface area contributed by atoms with Crippen LogP contribution in [0.15, 0.2) is 12.3 Å². The lowest BCUT2D eigenvalue weighted by molar-refractivity contribution is -0.00901. The Hall–Kier alpha value is -2.49. The molecule has 2 N–H and O–H groups in total. The first-order valence-electron chi connectivity index (χ1n) is 14.5. The van der Waals surface area contributed by atoms with Crippen LogP contribution in [0.2, 0.25) is 0 Å². The highest BCUT2D eigenvalue weighted by molar-refractivity contribution is 5.89. The van der Waals surface area contributed by atoms with Gasteiger partial charge in [0.2, 0.25) is 0 Å². The van der Waals surface area contributed by atoms with Crippen molar-refractivity contribution in [1.82, 2.24) is 29.4 Å². The molecule has 2 saturated carbocycles. The standard InChI is InChI=1S/C29H41N7O2/c1-18-11-25(21-13-30-33(3)28(21)31-18)34-10-7-24-22(14-34)19(2)32-36(24)17-29-8-4-5-20(12-29)23(6-9-29)35-15-26(37)27(38)16-35/h11,13,20,23,26-27,37-38H,4-10,12,14-17H2,1-3H3/t20?,23?,26-,27+,29?. The van der Waals surface area contributed by atoms with E-state index in [0.29, 0.717) is 30.5 Å². The van der Waals surface area contributed by atoms with E-state index in [0.717, 1.165) is 48.5 Å². The minimum atomic E-state index is -0.589. The van der Waals surface area contributed by atoms with E-state index in [1.165, 1.54) is 55.5 Å². The largest absolute Gasteiger partial charge is 0.389 e. The Morgan fingerprint density at radius 2 is 1.92 bits per heavy atom. The minimum absolute atomic E-state index is 0.323. The van der Waals surface area contributed by atoms with Crippen molar-refractivity contribution in [1.29, 1.82) is 0 Å². The second-order valence-corrected chi connectivity index (χ2v) is 12.7. The number of hydrogen-bond acceptors (Lipinski definition) is 7. The van der Waals surface area contributed by atoms with Crippen molar-refractivity contribution < 1.29 is 10.2 Å². The summed E-state index contributed by atoms with van der Waals surface area (Å²) >= 11 is 0. The smallest absolute Gasteiger partial charge is 0.159 e. The molecule has 3 aromatic rings. The highest BCUT2D eigenvalue weighted by Gasteiger charge is 2.47. The quantitative estimate of drug-likeness (QED) is 0.547. The van der Waals surface area contributed by atoms with Gasteiger partial charge in [0.05, 0.1) is 35.2 Å². The highest BCUT2D eigenvalue weighted by Crippen LogP contribution is 2.51. The van der Waals surface area contributed by atoms with E-state index in [1.807, 2.05) is 17.9 Å². The fraction of sp³-hybridized carbons (Fsp3) is 0.690. The SMILES string of the molecule is Cc1cc(N2CCc3c(c(C)nn3CC34CCCC(C3)C(N3C[C@@H](O)[C@@H](O)C3)CC4)C2)c2cnn(C)c2n1. The molecule has 0 radical (unpaired) electrons. The molecule has 9 nitrogen and oxygen atoms in total. The van der Waals surface area contributed by atoms with E-state index in [-0.39, 0.29) is 0 Å². The molecule has 3 fully saturated rings. The number of aryl methyl sites for hydroxylation is 3. The van der Waals surface area contributed by atoms with Crippen molar-refractivity contribution in [2.24, 2.45) is 18.4 Å². The maximum atomic E-state index is 10.1. The fourth-order valence-electron chi connectivity index (χ4n) is 8.32. The van der Waals surface area contributed by atoms with Gasteiger partial charge >= 0.3 is 0 Å². The summed E-state index contributed by atoms with van der Waals surface area (Å²) in [5, 5.41) is 31.0. The Balaban J connectivity index is 1.11. The molecule has 0 spiro atoms. The van der Waals surface area contributed by atoms with Crippen LogP contribution in [0, 0.1) is 25.2 Å². The van der Waals surface area contributed by atoms with Crippen LogP contribution >= 0.6 is 0 Å². The van der Waals surface area contributed by atoms with Crippen LogP contribution in [-0.2, 0) is 26.6 Å². The Morgan fingerprint density at radius 1 is 1.11 bits per heavy atom. The Kier molecular flexibility index (Phi) is 5.83. The lowest BCUT2D eigenvalue weighted by Gasteiger charge is -2.51. The molecular formula is C29H41N7O2. The van der Waals surface area contributed by atoms with Crippen molar-refractivity contribution in [3.63, 3.8) is 0 Å². The van der Waals surface area contributed by atoms with Crippen molar-refractivity contribution in [2.75, 3.05) is 24.5 Å². The number of likely N-dealkylation sites (tertiary alicyclic amines) is 1. The van der Waals surface area contributed by atoms with E-state index in [9.17, 15) is 10.2 Å². The summed E-state index contributed by atoms with van der Waals surface area (Å²) in [5.74, 6) is 0.662. The number of nitrogens with zero attached hydrogens (tertiary/aromatic N) is 7. The van der Waals surface area contributed by atoms with Crippen molar-refractivity contribution in [3.05, 3.63) is 34.9 Å². The number of fused-ring (bicyclic) bond motifs is 4. The average Bonchev–Trinajstić information content (AvgIpc) is 3.53. The molecule has 3 unspecified atom stereocenters. The van der Waals surface area contributed by atoms with Crippen LogP contribution in [0.25, 0.3) is 11.0 Å². The van der Waals surface area contributed by atoms with Gasteiger partial charge in [0.15, 0.2) is 5.65 Å². The lowest BCUT2D eigenvalue weighted by atomic mass is 9.60. The van der Waals surface area contributed by atoms with Gasteiger partial charge in [-0.05, 0) is 63.4 Å². The second-order valence-electron chi connectivity index (χ2n) is 12.7. The molecule has 1 saturated heterocycles. The molecule has 38 heavy (non-hydrogen) atoms. The van der Waals surface area contributed by atoms with Gasteiger partial charge < -0.3 is 15.1 Å². The van der Waals surface area contributed by atoms with Crippen molar-refractivity contribution >= 4 is 16.7 Å². The van der Waals surface area contributed by atoms with Crippen molar-refractivity contribution in [3.8, 4) is 0 Å². The molecule has 3 aromatic heterocycles. The Labute approximate surface area is 224 Å². The average molecular weight is 520 g/mol. The number of anilines is 1. The number of β-amino-alcohol motifs (C(OH)–C–C–N with tert-alkyl or cyclic N) is 2. The summed E-state index contributed by atoms with van der Waals surface area (Å²) in [7, 11) is 1.96. The van der Waals surface area contributed by atoms with Gasteiger partial charge in [-0.1, -0.05) is 6.42 Å². The van der Waals surface area contributed by atoms with Gasteiger partial charge in [0.25, 0.3) is 0 Å². The summed E-state index contributed by atoms with van der Waals surface area (Å²) in [4.78, 5) is 9.58. The van der Waals surface area contributed by atoms with Crippen molar-refractivity contribution in [2.45, 2.75) is 90.1 Å². The first-order chi connectivity index (χ1) is 18.3. The van der Waals surface area contributed by atoms with Crippen LogP contribution < -0.4 is 4.90 Å². The third-order valence-electron chi connectivity index (χ3n) is 10.2. The van der Waals surface area contributed by atoms with Gasteiger partial charge in [-0.15, -0.1) is 0 Å². The normalized spacial score (nSPS) is 31.8. The molecule has 5 atom stereocenters. The monoisotopic (exact) mass is 519 g/mol. The number of rotatable bonds is 4. The molecule has 204 valence electrons. The number of hydrogen-bond donors (Lipinski definition) is 2. The zero-order valence-electron chi connectivity index (χ0n) is 23.0. The van der Waals surface area contributed by atoms with Gasteiger partial charge in [-0.3, -0.25) is 14.3 Å². The second kappa shape index (κ2) is 9.03. The van der Waals surface area contributed by atoms with Crippen LogP contribution in [0.5, 0.6) is 0 Å². The van der Waals surface area contributed by atoms with Crippen LogP contribution in [0.3, 0.4) is 0 Å². The Bertz CT molecular complexity index is 1350. The Morgan fingerprint density at radius 3 is 2.74 bits per heavy atom. The summed E-state index contributed by atoms with van der Waals surface area (Å²) in [6.07, 6.45) is 9.24. The number of aliphatic hydroxyl groups is 2. The maximum absolute atomic E-state index is 10.1. The molecule has 0 amide bonds. The third-order valence-corrected chi connectivity index (χ3v) is 10.2.